The zero-order chi connectivity index (χ0) is 103. The van der Waals surface area contributed by atoms with Crippen LogP contribution >= 0.6 is 56.7 Å². The molecule has 35 nitrogen and oxygen atoms in total. The highest BCUT2D eigenvalue weighted by atomic mass is 32.1. The highest BCUT2D eigenvalue weighted by molar-refractivity contribution is 7.18. The molecule has 25 rings (SSSR count). The lowest BCUT2D eigenvalue weighted by molar-refractivity contribution is -0.124. The number of carbonyl (C=O) groups is 10. The number of imide groups is 5. The summed E-state index contributed by atoms with van der Waals surface area (Å²) < 4.78 is 32.4. The Hall–Kier alpha value is -14.3. The van der Waals surface area contributed by atoms with E-state index in [0.717, 1.165) is 92.1 Å². The van der Waals surface area contributed by atoms with Crippen molar-refractivity contribution in [1.82, 2.24) is 101 Å². The Labute approximate surface area is 869 Å². The summed E-state index contributed by atoms with van der Waals surface area (Å²) in [6.45, 7) is 19.9. The second kappa shape index (κ2) is 41.1. The van der Waals surface area contributed by atoms with Gasteiger partial charge in [-0.25, -0.2) is 102 Å². The van der Waals surface area contributed by atoms with Crippen molar-refractivity contribution in [3.63, 3.8) is 0 Å². The molecule has 15 aromatic rings. The first-order valence-corrected chi connectivity index (χ1v) is 53.6. The molecule has 10 fully saturated rings. The quantitative estimate of drug-likeness (QED) is 0.0595. The number of piperidine rings is 5. The van der Waals surface area contributed by atoms with Crippen LogP contribution in [0.3, 0.4) is 0 Å². The number of nitrogens with one attached hydrogen (secondary N) is 5. The predicted molar refractivity (Wildman–Crippen MR) is 564 cm³/mol. The summed E-state index contributed by atoms with van der Waals surface area (Å²) in [5.41, 5.74) is 19.1. The molecule has 42 heteroatoms. The van der Waals surface area contributed by atoms with E-state index in [-0.39, 0.29) is 65.8 Å². The molecule has 18 heterocycles. The third-order valence-electron chi connectivity index (χ3n) is 30.9. The molecule has 5 atom stereocenters. The van der Waals surface area contributed by atoms with Crippen LogP contribution in [0.15, 0.2) is 223 Å². The maximum absolute atomic E-state index is 13.2. The van der Waals surface area contributed by atoms with E-state index < -0.39 is 63.5 Å². The standard InChI is InChI=1S/2C22H21FN4O2S.C22H23N5O2S.2C20H20N6O2S/c2*1-14(15-2-7-19-18(12-15)24-13-30-19)26-10-8-22(9-11-26)20(28)27(21(29)25-22)17-5-3-16(23)4-6-17;1-14-3-5-17(12-23-14)27-20(28)22(25-21(27)29)7-9-26(10-8-22)15(2)16-4-6-19-18(11-16)24-13-30-19;2*1-13(14-2-3-17-16(8-14)23-12-29-17)25-6-4-20(5-7-25)18(27)26(19(28)24-20)15-9-21-11-22-10-15/h2*2-7,12-14H,8-11H2,1H3,(H,25,29);3-6,11-13,15H,7-10H2,1-2H3,(H,25,29);2*2-3,8-13H,4-7H2,1H3,(H,24,28)/t2*14-;15-;2*13-/m10010/s1. The van der Waals surface area contributed by atoms with Crippen molar-refractivity contribution in [2.75, 3.05) is 89.9 Å². The normalized spacial score (nSPS) is 20.2. The number of aromatic nitrogens is 10. The lowest BCUT2D eigenvalue weighted by Gasteiger charge is -2.40. The number of anilines is 5. The minimum atomic E-state index is -0.888. The highest BCUT2D eigenvalue weighted by Crippen LogP contribution is 2.44. The van der Waals surface area contributed by atoms with E-state index in [2.05, 4.69) is 227 Å². The first kappa shape index (κ1) is 99.6. The van der Waals surface area contributed by atoms with Crippen LogP contribution in [-0.4, -0.2) is 227 Å². The molecule has 10 aliphatic rings. The molecule has 0 aliphatic carbocycles. The number of hydrogen-bond acceptors (Lipinski definition) is 30. The molecular weight excluding hydrogens is 1980 g/mol. The van der Waals surface area contributed by atoms with Crippen LogP contribution in [-0.2, 0) is 24.0 Å². The molecule has 148 heavy (non-hydrogen) atoms. The smallest absolute Gasteiger partial charge is 0.323 e. The molecule has 758 valence electrons. The van der Waals surface area contributed by atoms with Gasteiger partial charge in [0.25, 0.3) is 29.5 Å². The number of fused-ring (bicyclic) bond motifs is 5. The second-order valence-corrected chi connectivity index (χ2v) is 43.5. The molecule has 5 N–H and O–H groups in total. The van der Waals surface area contributed by atoms with Crippen molar-refractivity contribution in [2.24, 2.45) is 0 Å². The molecule has 7 aromatic carbocycles. The Kier molecular flexibility index (Phi) is 27.6. The second-order valence-electron chi connectivity index (χ2n) is 39.0. The topological polar surface area (TPSA) is 392 Å². The number of amides is 15. The average Bonchev–Trinajstić information content (AvgIpc) is 1.59. The Morgan fingerprint density at radius 1 is 0.264 bits per heavy atom. The fraction of sp³-hybridized carbons (Fsp3) is 0.340. The largest absolute Gasteiger partial charge is 0.329 e. The van der Waals surface area contributed by atoms with Crippen LogP contribution in [0.5, 0.6) is 0 Å². The van der Waals surface area contributed by atoms with Crippen LogP contribution in [0.4, 0.5) is 61.2 Å². The number of benzene rings is 7. The van der Waals surface area contributed by atoms with Gasteiger partial charge in [-0.05, 0) is 255 Å². The van der Waals surface area contributed by atoms with Crippen molar-refractivity contribution in [1.29, 1.82) is 0 Å². The Balaban J connectivity index is 0.000000108. The molecule has 0 unspecified atom stereocenters. The van der Waals surface area contributed by atoms with Gasteiger partial charge in [0, 0.05) is 101 Å². The molecule has 10 aliphatic heterocycles. The van der Waals surface area contributed by atoms with Gasteiger partial charge in [0.05, 0.1) is 138 Å². The number of carbonyl (C=O) groups excluding carboxylic acids is 10. The van der Waals surface area contributed by atoms with Gasteiger partial charge in [0.2, 0.25) is 0 Å². The fourth-order valence-corrected chi connectivity index (χ4v) is 25.0. The third kappa shape index (κ3) is 19.3. The first-order chi connectivity index (χ1) is 71.5. The third-order valence-corrected chi connectivity index (χ3v) is 35.0. The van der Waals surface area contributed by atoms with Crippen molar-refractivity contribution < 1.29 is 56.7 Å². The average molecular weight is 2090 g/mol. The van der Waals surface area contributed by atoms with E-state index in [0.29, 0.717) is 119 Å². The predicted octanol–water partition coefficient (Wildman–Crippen LogP) is 17.3. The Bertz CT molecular complexity index is 6970. The molecule has 0 radical (unpaired) electrons. The summed E-state index contributed by atoms with van der Waals surface area (Å²) in [7, 11) is 0. The van der Waals surface area contributed by atoms with Gasteiger partial charge in [-0.3, -0.25) is 53.5 Å². The zero-order valence-corrected chi connectivity index (χ0v) is 85.8. The van der Waals surface area contributed by atoms with Crippen LogP contribution in [0.1, 0.15) is 163 Å². The van der Waals surface area contributed by atoms with Gasteiger partial charge < -0.3 is 26.6 Å². The lowest BCUT2D eigenvalue weighted by Crippen LogP contribution is -2.55. The van der Waals surface area contributed by atoms with Gasteiger partial charge in [0.15, 0.2) is 0 Å². The highest BCUT2D eigenvalue weighted by Gasteiger charge is 2.59. The maximum atomic E-state index is 13.2. The number of urea groups is 5. The number of rotatable bonds is 15. The molecule has 8 aromatic heterocycles. The summed E-state index contributed by atoms with van der Waals surface area (Å²) in [5, 5.41) is 14.7. The summed E-state index contributed by atoms with van der Waals surface area (Å²) in [6.07, 6.45) is 15.9. The Morgan fingerprint density at radius 2 is 0.473 bits per heavy atom. The molecule has 10 saturated heterocycles. The van der Waals surface area contributed by atoms with Crippen LogP contribution in [0.25, 0.3) is 51.1 Å². The van der Waals surface area contributed by atoms with Gasteiger partial charge >= 0.3 is 30.2 Å². The van der Waals surface area contributed by atoms with E-state index in [9.17, 15) is 56.7 Å². The maximum Gasteiger partial charge on any atom is 0.329 e. The van der Waals surface area contributed by atoms with Crippen LogP contribution in [0, 0.1) is 18.6 Å². The summed E-state index contributed by atoms with van der Waals surface area (Å²) >= 11 is 8.18. The number of hydrogen-bond donors (Lipinski definition) is 5. The van der Waals surface area contributed by atoms with E-state index in [1.807, 2.05) is 40.5 Å². The van der Waals surface area contributed by atoms with Gasteiger partial charge in [0.1, 0.15) is 52.0 Å². The van der Waals surface area contributed by atoms with E-state index in [4.69, 9.17) is 0 Å². The van der Waals surface area contributed by atoms with Crippen LogP contribution in [0.2, 0.25) is 0 Å². The summed E-state index contributed by atoms with van der Waals surface area (Å²) in [5.74, 6) is -1.92. The van der Waals surface area contributed by atoms with Crippen LogP contribution < -0.4 is 51.1 Å². The summed E-state index contributed by atoms with van der Waals surface area (Å²) in [4.78, 5) is 188. The van der Waals surface area contributed by atoms with Gasteiger partial charge in [-0.1, -0.05) is 30.3 Å². The van der Waals surface area contributed by atoms with Crippen molar-refractivity contribution in [3.8, 4) is 0 Å². The van der Waals surface area contributed by atoms with Gasteiger partial charge in [-0.2, -0.15) is 0 Å². The van der Waals surface area contributed by atoms with E-state index >= 15 is 0 Å². The SMILES string of the molecule is C[C@@H](c1ccc2scnc2c1)N1CCC2(CC1)NC(=O)N(c1ccc(F)cc1)C2=O.C[C@@H](c1ccc2scnc2c1)N1CCC2(CC1)NC(=O)N(c1cncnc1)C2=O.C[C@H](c1ccc2scnc2c1)N1CCC2(CC1)NC(=O)N(c1ccc(F)cc1)C2=O.C[C@H](c1ccc2scnc2c1)N1CCC2(CC1)NC(=O)N(c1cncnc1)C2=O.Cc1ccc(N2C(=O)NC3(CCN([C@@H](C)c4ccc5scnc5c4)CC3)C2=O)cn1. The monoisotopic (exact) mass is 2090 g/mol. The number of aryl methyl sites for hydroxylation is 1. The minimum absolute atomic E-state index is 0.172. The fourth-order valence-electron chi connectivity index (χ4n) is 21.7. The van der Waals surface area contributed by atoms with Crippen molar-refractivity contribution in [2.45, 2.75) is 164 Å². The molecule has 0 bridgehead atoms. The number of likely N-dealkylation sites (tertiary alicyclic amines) is 5. The minimum Gasteiger partial charge on any atom is -0.323 e. The number of halogens is 2. The number of thiazole rings is 5. The van der Waals surface area contributed by atoms with Gasteiger partial charge in [-0.15, -0.1) is 56.7 Å². The first-order valence-electron chi connectivity index (χ1n) is 49.2. The zero-order valence-electron chi connectivity index (χ0n) is 81.7. The van der Waals surface area contributed by atoms with E-state index in [1.165, 1.54) is 142 Å². The molecule has 15 amide bonds. The van der Waals surface area contributed by atoms with Crippen molar-refractivity contribution in [3.05, 3.63) is 268 Å². The van der Waals surface area contributed by atoms with E-state index in [1.54, 1.807) is 68.9 Å². The summed E-state index contributed by atoms with van der Waals surface area (Å²) in [6, 6.07) is 45.3. The Morgan fingerprint density at radius 3 is 0.689 bits per heavy atom. The van der Waals surface area contributed by atoms with Crippen molar-refractivity contribution >= 4 is 196 Å². The molecule has 0 saturated carbocycles. The molecular formula is C106H105F2N25O10S5. The number of pyridine rings is 1. The lowest BCUT2D eigenvalue weighted by atomic mass is 9.86. The molecule has 5 spiro atoms. The number of nitrogens with zero attached hydrogens (tertiary/aromatic N) is 20.